The van der Waals surface area contributed by atoms with Crippen molar-refractivity contribution in [3.05, 3.63) is 29.8 Å². The fourth-order valence-corrected chi connectivity index (χ4v) is 1.52. The van der Waals surface area contributed by atoms with Gasteiger partial charge in [-0.1, -0.05) is 12.1 Å². The molecule has 19 heavy (non-hydrogen) atoms. The van der Waals surface area contributed by atoms with Crippen LogP contribution in [-0.2, 0) is 4.79 Å². The van der Waals surface area contributed by atoms with Crippen LogP contribution in [0.15, 0.2) is 24.3 Å². The van der Waals surface area contributed by atoms with Gasteiger partial charge in [-0.2, -0.15) is 0 Å². The van der Waals surface area contributed by atoms with Crippen LogP contribution in [0, 0.1) is 0 Å². The summed E-state index contributed by atoms with van der Waals surface area (Å²) in [4.78, 5) is 23.8. The van der Waals surface area contributed by atoms with Crippen LogP contribution in [0.3, 0.4) is 0 Å². The summed E-state index contributed by atoms with van der Waals surface area (Å²) >= 11 is 0. The fraction of sp³-hybridized carbons (Fsp3) is 0.429. The smallest absolute Gasteiger partial charge is 0.254 e. The summed E-state index contributed by atoms with van der Waals surface area (Å²) in [6.45, 7) is 7.29. The molecule has 0 spiro atoms. The van der Waals surface area contributed by atoms with E-state index in [1.807, 2.05) is 20.8 Å². The number of nitrogens with two attached hydrogens (primary N) is 1. The van der Waals surface area contributed by atoms with E-state index in [9.17, 15) is 9.59 Å². The minimum atomic E-state index is -0.619. The Morgan fingerprint density at radius 1 is 1.21 bits per heavy atom. The Kier molecular flexibility index (Phi) is 4.53. The minimum Gasteiger partial charge on any atom is -0.398 e. The third-order valence-corrected chi connectivity index (χ3v) is 2.44. The van der Waals surface area contributed by atoms with E-state index in [2.05, 4.69) is 10.6 Å². The van der Waals surface area contributed by atoms with Crippen molar-refractivity contribution < 1.29 is 9.59 Å². The van der Waals surface area contributed by atoms with Crippen LogP contribution >= 0.6 is 0 Å². The van der Waals surface area contributed by atoms with Gasteiger partial charge in [-0.05, 0) is 39.8 Å². The topological polar surface area (TPSA) is 84.2 Å². The van der Waals surface area contributed by atoms with E-state index in [0.29, 0.717) is 11.3 Å². The average Bonchev–Trinajstić information content (AvgIpc) is 2.27. The van der Waals surface area contributed by atoms with Crippen LogP contribution in [0.4, 0.5) is 5.69 Å². The number of nitrogen functional groups attached to an aromatic ring is 1. The van der Waals surface area contributed by atoms with Crippen molar-refractivity contribution in [3.63, 3.8) is 0 Å². The van der Waals surface area contributed by atoms with Crippen molar-refractivity contribution >= 4 is 17.5 Å². The van der Waals surface area contributed by atoms with Gasteiger partial charge in [-0.25, -0.2) is 0 Å². The molecule has 4 N–H and O–H groups in total. The summed E-state index contributed by atoms with van der Waals surface area (Å²) in [6.07, 6.45) is 0. The molecule has 2 amide bonds. The van der Waals surface area contributed by atoms with Crippen molar-refractivity contribution in [1.29, 1.82) is 0 Å². The highest BCUT2D eigenvalue weighted by atomic mass is 16.2. The summed E-state index contributed by atoms with van der Waals surface area (Å²) in [6, 6.07) is 6.13. The van der Waals surface area contributed by atoms with E-state index in [1.165, 1.54) is 0 Å². The predicted molar refractivity (Wildman–Crippen MR) is 75.7 cm³/mol. The molecule has 1 rings (SSSR count). The molecule has 0 aliphatic rings. The first-order valence-electron chi connectivity index (χ1n) is 6.18. The summed E-state index contributed by atoms with van der Waals surface area (Å²) in [5.41, 5.74) is 6.15. The zero-order valence-electron chi connectivity index (χ0n) is 11.8. The Morgan fingerprint density at radius 2 is 1.79 bits per heavy atom. The van der Waals surface area contributed by atoms with Gasteiger partial charge in [0, 0.05) is 11.2 Å². The van der Waals surface area contributed by atoms with Gasteiger partial charge in [0.1, 0.15) is 6.04 Å². The number of hydrogen-bond donors (Lipinski definition) is 3. The largest absolute Gasteiger partial charge is 0.398 e. The number of para-hydroxylation sites is 1. The van der Waals surface area contributed by atoms with Gasteiger partial charge < -0.3 is 16.4 Å². The lowest BCUT2D eigenvalue weighted by Gasteiger charge is -2.23. The molecule has 1 aromatic carbocycles. The van der Waals surface area contributed by atoms with Gasteiger partial charge >= 0.3 is 0 Å². The zero-order valence-corrected chi connectivity index (χ0v) is 11.8. The third-order valence-electron chi connectivity index (χ3n) is 2.44. The standard InChI is InChI=1S/C14H21N3O2/c1-9(12(18)17-14(2,3)4)16-13(19)10-7-5-6-8-11(10)15/h5-9H,15H2,1-4H3,(H,16,19)(H,17,18). The SMILES string of the molecule is CC(NC(=O)c1ccccc1N)C(=O)NC(C)(C)C. The number of carbonyl (C=O) groups excluding carboxylic acids is 2. The molecule has 1 atom stereocenters. The number of nitrogens with one attached hydrogen (secondary N) is 2. The van der Waals surface area contributed by atoms with Crippen LogP contribution in [0.1, 0.15) is 38.1 Å². The number of anilines is 1. The molecule has 0 radical (unpaired) electrons. The van der Waals surface area contributed by atoms with Crippen molar-refractivity contribution in [2.24, 2.45) is 0 Å². The van der Waals surface area contributed by atoms with Gasteiger partial charge in [0.05, 0.1) is 5.56 Å². The molecule has 0 saturated heterocycles. The molecule has 1 aromatic rings. The molecule has 0 saturated carbocycles. The Labute approximate surface area is 113 Å². The Bertz CT molecular complexity index is 478. The van der Waals surface area contributed by atoms with Crippen LogP contribution < -0.4 is 16.4 Å². The molecular formula is C14H21N3O2. The molecule has 5 heteroatoms. The molecule has 1 unspecified atom stereocenters. The van der Waals surface area contributed by atoms with E-state index in [-0.39, 0.29) is 17.4 Å². The summed E-state index contributed by atoms with van der Waals surface area (Å²) in [7, 11) is 0. The van der Waals surface area contributed by atoms with Gasteiger partial charge in [0.2, 0.25) is 5.91 Å². The van der Waals surface area contributed by atoms with Gasteiger partial charge in [-0.15, -0.1) is 0 Å². The number of rotatable bonds is 3. The molecule has 0 fully saturated rings. The van der Waals surface area contributed by atoms with E-state index in [1.54, 1.807) is 31.2 Å². The maximum Gasteiger partial charge on any atom is 0.254 e. The number of carbonyl (C=O) groups is 2. The Balaban J connectivity index is 2.67. The zero-order chi connectivity index (χ0) is 14.6. The van der Waals surface area contributed by atoms with Crippen LogP contribution in [-0.4, -0.2) is 23.4 Å². The maximum absolute atomic E-state index is 12.0. The van der Waals surface area contributed by atoms with Crippen LogP contribution in [0.2, 0.25) is 0 Å². The van der Waals surface area contributed by atoms with E-state index < -0.39 is 6.04 Å². The second-order valence-corrected chi connectivity index (χ2v) is 5.52. The quantitative estimate of drug-likeness (QED) is 0.719. The molecule has 0 heterocycles. The highest BCUT2D eigenvalue weighted by molar-refractivity contribution is 6.01. The first-order chi connectivity index (χ1) is 8.70. The van der Waals surface area contributed by atoms with Gasteiger partial charge in [0.25, 0.3) is 5.91 Å². The minimum absolute atomic E-state index is 0.227. The molecule has 104 valence electrons. The summed E-state index contributed by atoms with van der Waals surface area (Å²) < 4.78 is 0. The normalized spacial score (nSPS) is 12.6. The van der Waals surface area contributed by atoms with E-state index >= 15 is 0 Å². The lowest BCUT2D eigenvalue weighted by atomic mass is 10.1. The molecule has 0 aliphatic heterocycles. The monoisotopic (exact) mass is 263 g/mol. The number of amides is 2. The Morgan fingerprint density at radius 3 is 2.32 bits per heavy atom. The highest BCUT2D eigenvalue weighted by Gasteiger charge is 2.21. The van der Waals surface area contributed by atoms with E-state index in [0.717, 1.165) is 0 Å². The Hall–Kier alpha value is -2.04. The second kappa shape index (κ2) is 5.73. The number of benzene rings is 1. The predicted octanol–water partition coefficient (Wildman–Crippen LogP) is 1.30. The third kappa shape index (κ3) is 4.62. The molecular weight excluding hydrogens is 242 g/mol. The highest BCUT2D eigenvalue weighted by Crippen LogP contribution is 2.10. The van der Waals surface area contributed by atoms with Crippen molar-refractivity contribution in [2.75, 3.05) is 5.73 Å². The lowest BCUT2D eigenvalue weighted by molar-refractivity contribution is -0.124. The molecule has 5 nitrogen and oxygen atoms in total. The van der Waals surface area contributed by atoms with E-state index in [4.69, 9.17) is 5.73 Å². The maximum atomic E-state index is 12.0. The second-order valence-electron chi connectivity index (χ2n) is 5.52. The molecule has 0 bridgehead atoms. The molecule has 0 aliphatic carbocycles. The fourth-order valence-electron chi connectivity index (χ4n) is 1.52. The lowest BCUT2D eigenvalue weighted by Crippen LogP contribution is -2.50. The van der Waals surface area contributed by atoms with Crippen LogP contribution in [0.5, 0.6) is 0 Å². The van der Waals surface area contributed by atoms with Crippen molar-refractivity contribution in [2.45, 2.75) is 39.3 Å². The number of hydrogen-bond acceptors (Lipinski definition) is 3. The van der Waals surface area contributed by atoms with Crippen LogP contribution in [0.25, 0.3) is 0 Å². The first-order valence-corrected chi connectivity index (χ1v) is 6.18. The summed E-state index contributed by atoms with van der Waals surface area (Å²) in [5, 5.41) is 5.43. The first kappa shape index (κ1) is 15.0. The van der Waals surface area contributed by atoms with Gasteiger partial charge in [-0.3, -0.25) is 9.59 Å². The van der Waals surface area contributed by atoms with Crippen molar-refractivity contribution in [1.82, 2.24) is 10.6 Å². The molecule has 0 aromatic heterocycles. The van der Waals surface area contributed by atoms with Gasteiger partial charge in [0.15, 0.2) is 0 Å². The summed E-state index contributed by atoms with van der Waals surface area (Å²) in [5.74, 6) is -0.579. The van der Waals surface area contributed by atoms with Crippen molar-refractivity contribution in [3.8, 4) is 0 Å². The average molecular weight is 263 g/mol.